The lowest BCUT2D eigenvalue weighted by Crippen LogP contribution is -2.45. The van der Waals surface area contributed by atoms with Gasteiger partial charge in [-0.1, -0.05) is 18.2 Å². The predicted molar refractivity (Wildman–Crippen MR) is 110 cm³/mol. The zero-order valence-electron chi connectivity index (χ0n) is 17.0. The first kappa shape index (κ1) is 21.5. The molecule has 2 atom stereocenters. The molecular formula is C22H27FN2O3S. The number of benzene rings is 2. The van der Waals surface area contributed by atoms with Gasteiger partial charge in [-0.3, -0.25) is 4.79 Å². The van der Waals surface area contributed by atoms with Gasteiger partial charge in [0.15, 0.2) is 0 Å². The number of sulfonamides is 1. The predicted octanol–water partition coefficient (Wildman–Crippen LogP) is 3.72. The van der Waals surface area contributed by atoms with Crippen molar-refractivity contribution < 1.29 is 17.6 Å². The topological polar surface area (TPSA) is 66.5 Å². The summed E-state index contributed by atoms with van der Waals surface area (Å²) in [6, 6.07) is 10.7. The number of hydrogen-bond acceptors (Lipinski definition) is 3. The van der Waals surface area contributed by atoms with E-state index in [0.29, 0.717) is 19.4 Å². The lowest BCUT2D eigenvalue weighted by molar-refractivity contribution is -0.126. The van der Waals surface area contributed by atoms with Crippen LogP contribution in [0.25, 0.3) is 0 Å². The Balaban J connectivity index is 1.68. The summed E-state index contributed by atoms with van der Waals surface area (Å²) in [5.41, 5.74) is 3.38. The molecule has 1 saturated heterocycles. The molecule has 7 heteroatoms. The molecule has 1 heterocycles. The van der Waals surface area contributed by atoms with Crippen molar-refractivity contribution in [3.05, 3.63) is 65.0 Å². The molecule has 5 nitrogen and oxygen atoms in total. The Bertz CT molecular complexity index is 990. The molecule has 0 bridgehead atoms. The summed E-state index contributed by atoms with van der Waals surface area (Å²) in [5, 5.41) is 3.02. The first-order chi connectivity index (χ1) is 13.7. The largest absolute Gasteiger partial charge is 0.349 e. The van der Waals surface area contributed by atoms with E-state index in [1.54, 1.807) is 0 Å². The van der Waals surface area contributed by atoms with Crippen molar-refractivity contribution in [1.82, 2.24) is 9.62 Å². The summed E-state index contributed by atoms with van der Waals surface area (Å²) in [4.78, 5) is 12.9. The monoisotopic (exact) mass is 418 g/mol. The van der Waals surface area contributed by atoms with Crippen LogP contribution in [0, 0.1) is 25.6 Å². The van der Waals surface area contributed by atoms with Crippen molar-refractivity contribution in [2.45, 2.75) is 44.6 Å². The Morgan fingerprint density at radius 3 is 2.48 bits per heavy atom. The molecule has 0 aromatic heterocycles. The van der Waals surface area contributed by atoms with E-state index in [-0.39, 0.29) is 23.4 Å². The van der Waals surface area contributed by atoms with Crippen molar-refractivity contribution in [2.75, 3.05) is 13.1 Å². The van der Waals surface area contributed by atoms with E-state index in [0.717, 1.165) is 23.3 Å². The van der Waals surface area contributed by atoms with Crippen molar-refractivity contribution in [1.29, 1.82) is 0 Å². The molecule has 0 unspecified atom stereocenters. The van der Waals surface area contributed by atoms with E-state index >= 15 is 0 Å². The first-order valence-corrected chi connectivity index (χ1v) is 11.3. The van der Waals surface area contributed by atoms with Gasteiger partial charge < -0.3 is 5.32 Å². The molecular weight excluding hydrogens is 391 g/mol. The third kappa shape index (κ3) is 4.85. The minimum atomic E-state index is -3.75. The van der Waals surface area contributed by atoms with E-state index < -0.39 is 21.8 Å². The highest BCUT2D eigenvalue weighted by atomic mass is 32.2. The molecule has 1 N–H and O–H groups in total. The number of rotatable bonds is 5. The van der Waals surface area contributed by atoms with Gasteiger partial charge in [0.05, 0.1) is 16.9 Å². The van der Waals surface area contributed by atoms with Crippen molar-refractivity contribution in [3.63, 3.8) is 0 Å². The number of amides is 1. The van der Waals surface area contributed by atoms with E-state index in [4.69, 9.17) is 0 Å². The Morgan fingerprint density at radius 2 is 1.83 bits per heavy atom. The molecule has 0 spiro atoms. The maximum absolute atomic E-state index is 13.1. The second-order valence-corrected chi connectivity index (χ2v) is 9.67. The lowest BCUT2D eigenvalue weighted by atomic mass is 9.97. The Hall–Kier alpha value is -2.25. The van der Waals surface area contributed by atoms with Crippen LogP contribution < -0.4 is 5.32 Å². The minimum absolute atomic E-state index is 0.0449. The molecule has 2 aromatic carbocycles. The fourth-order valence-corrected chi connectivity index (χ4v) is 5.10. The van der Waals surface area contributed by atoms with Gasteiger partial charge >= 0.3 is 0 Å². The number of carbonyl (C=O) groups excluding carboxylic acids is 1. The van der Waals surface area contributed by atoms with Crippen LogP contribution in [0.15, 0.2) is 47.4 Å². The quantitative estimate of drug-likeness (QED) is 0.805. The standard InChI is InChI=1S/C22H27FN2O3S/c1-15-6-7-18(13-16(15)2)17(3)24-22(26)19-5-4-12-25(14-19)29(27,28)21-10-8-20(23)9-11-21/h6-11,13,17,19H,4-5,12,14H2,1-3H3,(H,24,26)/t17-,19-/m0/s1. The average Bonchev–Trinajstić information content (AvgIpc) is 2.70. The SMILES string of the molecule is Cc1ccc([C@H](C)NC(=O)[C@H]2CCCN(S(=O)(=O)c3ccc(F)cc3)C2)cc1C. The Morgan fingerprint density at radius 1 is 1.14 bits per heavy atom. The van der Waals surface area contributed by atoms with Gasteiger partial charge in [0.25, 0.3) is 0 Å². The summed E-state index contributed by atoms with van der Waals surface area (Å²) in [7, 11) is -3.75. The molecule has 3 rings (SSSR count). The van der Waals surface area contributed by atoms with E-state index in [2.05, 4.69) is 11.4 Å². The first-order valence-electron chi connectivity index (χ1n) is 9.81. The van der Waals surface area contributed by atoms with Gasteiger partial charge in [-0.05, 0) is 74.6 Å². The fourth-order valence-electron chi connectivity index (χ4n) is 3.58. The summed E-state index contributed by atoms with van der Waals surface area (Å²) in [6.07, 6.45) is 1.25. The number of piperidine rings is 1. The van der Waals surface area contributed by atoms with Crippen LogP contribution in [0.2, 0.25) is 0 Å². The smallest absolute Gasteiger partial charge is 0.243 e. The van der Waals surface area contributed by atoms with Crippen LogP contribution in [0.4, 0.5) is 4.39 Å². The zero-order valence-corrected chi connectivity index (χ0v) is 17.8. The van der Waals surface area contributed by atoms with Crippen molar-refractivity contribution in [3.8, 4) is 0 Å². The third-order valence-corrected chi connectivity index (χ3v) is 7.48. The number of aryl methyl sites for hydroxylation is 2. The second kappa shape index (κ2) is 8.63. The molecule has 1 fully saturated rings. The summed E-state index contributed by atoms with van der Waals surface area (Å²) in [6.45, 7) is 6.49. The normalized spacial score (nSPS) is 19.0. The third-order valence-electron chi connectivity index (χ3n) is 5.60. The maximum Gasteiger partial charge on any atom is 0.243 e. The molecule has 1 amide bonds. The molecule has 1 aliphatic heterocycles. The number of carbonyl (C=O) groups is 1. The van der Waals surface area contributed by atoms with E-state index in [1.807, 2.05) is 32.9 Å². The maximum atomic E-state index is 13.1. The van der Waals surface area contributed by atoms with Gasteiger partial charge in [-0.2, -0.15) is 4.31 Å². The van der Waals surface area contributed by atoms with Crippen LogP contribution in [0.3, 0.4) is 0 Å². The Labute approximate surface area is 172 Å². The van der Waals surface area contributed by atoms with Crippen molar-refractivity contribution in [2.24, 2.45) is 5.92 Å². The minimum Gasteiger partial charge on any atom is -0.349 e. The highest BCUT2D eigenvalue weighted by Crippen LogP contribution is 2.25. The van der Waals surface area contributed by atoms with Gasteiger partial charge in [-0.15, -0.1) is 0 Å². The average molecular weight is 419 g/mol. The fraction of sp³-hybridized carbons (Fsp3) is 0.409. The molecule has 0 saturated carbocycles. The number of halogens is 1. The van der Waals surface area contributed by atoms with Crippen LogP contribution in [-0.2, 0) is 14.8 Å². The lowest BCUT2D eigenvalue weighted by Gasteiger charge is -2.32. The summed E-state index contributed by atoms with van der Waals surface area (Å²) in [5.74, 6) is -1.04. The van der Waals surface area contributed by atoms with E-state index in [1.165, 1.54) is 22.0 Å². The second-order valence-electron chi connectivity index (χ2n) is 7.73. The number of hydrogen-bond donors (Lipinski definition) is 1. The van der Waals surface area contributed by atoms with Gasteiger partial charge in [0.1, 0.15) is 5.82 Å². The van der Waals surface area contributed by atoms with Crippen molar-refractivity contribution >= 4 is 15.9 Å². The highest BCUT2D eigenvalue weighted by Gasteiger charge is 2.33. The molecule has 0 radical (unpaired) electrons. The van der Waals surface area contributed by atoms with Gasteiger partial charge in [0.2, 0.25) is 15.9 Å². The number of nitrogens with one attached hydrogen (secondary N) is 1. The number of nitrogens with zero attached hydrogens (tertiary/aromatic N) is 1. The molecule has 2 aromatic rings. The summed E-state index contributed by atoms with van der Waals surface area (Å²) < 4.78 is 40.2. The van der Waals surface area contributed by atoms with Crippen LogP contribution in [0.5, 0.6) is 0 Å². The van der Waals surface area contributed by atoms with E-state index in [9.17, 15) is 17.6 Å². The molecule has 0 aliphatic carbocycles. The van der Waals surface area contributed by atoms with Crippen LogP contribution in [0.1, 0.15) is 42.5 Å². The molecule has 1 aliphatic rings. The zero-order chi connectivity index (χ0) is 21.2. The van der Waals surface area contributed by atoms with Crippen LogP contribution >= 0.6 is 0 Å². The van der Waals surface area contributed by atoms with Gasteiger partial charge in [-0.25, -0.2) is 12.8 Å². The molecule has 156 valence electrons. The highest BCUT2D eigenvalue weighted by molar-refractivity contribution is 7.89. The Kier molecular flexibility index (Phi) is 6.39. The van der Waals surface area contributed by atoms with Gasteiger partial charge in [0, 0.05) is 13.1 Å². The molecule has 29 heavy (non-hydrogen) atoms. The van der Waals surface area contributed by atoms with Crippen LogP contribution in [-0.4, -0.2) is 31.7 Å². The summed E-state index contributed by atoms with van der Waals surface area (Å²) >= 11 is 0.